The van der Waals surface area contributed by atoms with Gasteiger partial charge in [-0.15, -0.1) is 0 Å². The van der Waals surface area contributed by atoms with Crippen molar-refractivity contribution in [2.24, 2.45) is 0 Å². The van der Waals surface area contributed by atoms with Gasteiger partial charge in [0.05, 0.1) is 14.2 Å². The van der Waals surface area contributed by atoms with E-state index >= 15 is 0 Å². The van der Waals surface area contributed by atoms with Crippen LogP contribution in [0.5, 0.6) is 11.5 Å². The number of methoxy groups -OCH3 is 2. The number of hydrogen-bond donors (Lipinski definition) is 1. The van der Waals surface area contributed by atoms with Gasteiger partial charge in [-0.2, -0.15) is 4.98 Å². The average Bonchev–Trinajstić information content (AvgIpc) is 2.83. The zero-order valence-electron chi connectivity index (χ0n) is 19.3. The molecule has 1 N–H and O–H groups in total. The Labute approximate surface area is 189 Å². The first kappa shape index (κ1) is 22.2. The van der Waals surface area contributed by atoms with E-state index in [9.17, 15) is 4.79 Å². The van der Waals surface area contributed by atoms with E-state index in [1.54, 1.807) is 32.4 Å². The van der Waals surface area contributed by atoms with E-state index in [1.165, 1.54) is 32.1 Å². The lowest BCUT2D eigenvalue weighted by molar-refractivity contribution is 0.0745. The number of rotatable bonds is 6. The fraction of sp³-hybridized carbons (Fsp3) is 0.542. The Balaban J connectivity index is 1.41. The molecule has 0 atom stereocenters. The van der Waals surface area contributed by atoms with Gasteiger partial charge in [0.2, 0.25) is 5.95 Å². The monoisotopic (exact) mass is 439 g/mol. The number of aromatic nitrogens is 2. The lowest BCUT2D eigenvalue weighted by Gasteiger charge is -2.35. The number of hydrogen-bond acceptors (Lipinski definition) is 7. The quantitative estimate of drug-likeness (QED) is 0.738. The molecule has 8 heteroatoms. The topological polar surface area (TPSA) is 79.8 Å². The van der Waals surface area contributed by atoms with Crippen molar-refractivity contribution in [3.05, 3.63) is 35.5 Å². The average molecular weight is 440 g/mol. The molecular formula is C24H33N5O3. The molecule has 0 bridgehead atoms. The van der Waals surface area contributed by atoms with Crippen molar-refractivity contribution in [1.82, 2.24) is 14.9 Å². The number of carbonyl (C=O) groups excluding carboxylic acids is 1. The Bertz CT molecular complexity index is 915. The van der Waals surface area contributed by atoms with Crippen LogP contribution >= 0.6 is 0 Å². The number of carbonyl (C=O) groups is 1. The van der Waals surface area contributed by atoms with Crippen LogP contribution in [0.1, 0.15) is 48.2 Å². The van der Waals surface area contributed by atoms with Crippen LogP contribution in [0, 0.1) is 6.92 Å². The molecule has 0 radical (unpaired) electrons. The molecule has 172 valence electrons. The predicted octanol–water partition coefficient (Wildman–Crippen LogP) is 3.51. The highest BCUT2D eigenvalue weighted by atomic mass is 16.5. The van der Waals surface area contributed by atoms with Crippen LogP contribution in [-0.4, -0.2) is 67.2 Å². The lowest BCUT2D eigenvalue weighted by atomic mass is 9.96. The van der Waals surface area contributed by atoms with Crippen molar-refractivity contribution in [2.45, 2.75) is 45.1 Å². The normalized spacial score (nSPS) is 17.2. The fourth-order valence-corrected chi connectivity index (χ4v) is 4.46. The highest BCUT2D eigenvalue weighted by Crippen LogP contribution is 2.25. The van der Waals surface area contributed by atoms with Gasteiger partial charge in [-0.3, -0.25) is 4.79 Å². The van der Waals surface area contributed by atoms with E-state index in [4.69, 9.17) is 14.5 Å². The third-order valence-corrected chi connectivity index (χ3v) is 6.27. The minimum atomic E-state index is -0.0135. The molecule has 32 heavy (non-hydrogen) atoms. The van der Waals surface area contributed by atoms with Crippen LogP contribution < -0.4 is 19.7 Å². The summed E-state index contributed by atoms with van der Waals surface area (Å²) in [6, 6.07) is 7.77. The van der Waals surface area contributed by atoms with Crippen LogP contribution in [0.15, 0.2) is 24.3 Å². The summed E-state index contributed by atoms with van der Waals surface area (Å²) in [6.45, 7) is 4.73. The molecule has 8 nitrogen and oxygen atoms in total. The maximum atomic E-state index is 13.1. The molecule has 1 saturated carbocycles. The molecule has 1 aromatic carbocycles. The van der Waals surface area contributed by atoms with E-state index in [0.717, 1.165) is 24.6 Å². The van der Waals surface area contributed by atoms with Gasteiger partial charge in [0.25, 0.3) is 5.91 Å². The van der Waals surface area contributed by atoms with Crippen LogP contribution in [0.3, 0.4) is 0 Å². The predicted molar refractivity (Wildman–Crippen MR) is 125 cm³/mol. The molecule has 1 aliphatic carbocycles. The van der Waals surface area contributed by atoms with Gasteiger partial charge < -0.3 is 24.6 Å². The van der Waals surface area contributed by atoms with Crippen molar-refractivity contribution in [2.75, 3.05) is 50.6 Å². The summed E-state index contributed by atoms with van der Waals surface area (Å²) >= 11 is 0. The Hall–Kier alpha value is -3.03. The van der Waals surface area contributed by atoms with Gasteiger partial charge in [0.1, 0.15) is 17.3 Å². The molecule has 1 amide bonds. The minimum absolute atomic E-state index is 0.0135. The third-order valence-electron chi connectivity index (χ3n) is 6.27. The first-order valence-corrected chi connectivity index (χ1v) is 11.4. The molecule has 2 heterocycles. The molecular weight excluding hydrogens is 406 g/mol. The summed E-state index contributed by atoms with van der Waals surface area (Å²) < 4.78 is 10.6. The standard InChI is InChI=1S/C24H33N5O3/c1-17-13-22(27-24(25-17)26-19-7-5-4-6-8-19)28-9-11-29(12-10-28)23(30)18-14-20(31-2)16-21(15-18)32-3/h13-16,19H,4-12H2,1-3H3,(H,25,26,27). The largest absolute Gasteiger partial charge is 0.497 e. The Morgan fingerprint density at radius 3 is 2.22 bits per heavy atom. The maximum absolute atomic E-state index is 13.1. The summed E-state index contributed by atoms with van der Waals surface area (Å²) in [5.41, 5.74) is 1.53. The third kappa shape index (κ3) is 5.23. The fourth-order valence-electron chi connectivity index (χ4n) is 4.46. The Morgan fingerprint density at radius 1 is 0.938 bits per heavy atom. The molecule has 1 aliphatic heterocycles. The second-order valence-electron chi connectivity index (χ2n) is 8.55. The molecule has 2 aromatic rings. The van der Waals surface area contributed by atoms with Crippen molar-refractivity contribution in [1.29, 1.82) is 0 Å². The SMILES string of the molecule is COc1cc(OC)cc(C(=O)N2CCN(c3cc(C)nc(NC4CCCCC4)n3)CC2)c1. The molecule has 4 rings (SSSR count). The van der Waals surface area contributed by atoms with Crippen LogP contribution in [0.4, 0.5) is 11.8 Å². The Morgan fingerprint density at radius 2 is 1.59 bits per heavy atom. The van der Waals surface area contributed by atoms with E-state index in [0.29, 0.717) is 42.1 Å². The molecule has 2 fully saturated rings. The van der Waals surface area contributed by atoms with Crippen molar-refractivity contribution in [3.8, 4) is 11.5 Å². The van der Waals surface area contributed by atoms with Crippen LogP contribution in [-0.2, 0) is 0 Å². The summed E-state index contributed by atoms with van der Waals surface area (Å²) in [5.74, 6) is 2.85. The lowest BCUT2D eigenvalue weighted by Crippen LogP contribution is -2.49. The first-order valence-electron chi connectivity index (χ1n) is 11.4. The van der Waals surface area contributed by atoms with Gasteiger partial charge in [-0.25, -0.2) is 4.98 Å². The summed E-state index contributed by atoms with van der Waals surface area (Å²) in [5, 5.41) is 3.53. The Kier molecular flexibility index (Phi) is 6.97. The number of aryl methyl sites for hydroxylation is 1. The van der Waals surface area contributed by atoms with E-state index in [-0.39, 0.29) is 5.91 Å². The van der Waals surface area contributed by atoms with Crippen molar-refractivity contribution in [3.63, 3.8) is 0 Å². The van der Waals surface area contributed by atoms with Gasteiger partial charge >= 0.3 is 0 Å². The number of anilines is 2. The van der Waals surface area contributed by atoms with Gasteiger partial charge in [0.15, 0.2) is 0 Å². The number of ether oxygens (including phenoxy) is 2. The highest BCUT2D eigenvalue weighted by molar-refractivity contribution is 5.95. The first-order chi connectivity index (χ1) is 15.6. The number of nitrogens with one attached hydrogen (secondary N) is 1. The molecule has 1 aromatic heterocycles. The zero-order valence-corrected chi connectivity index (χ0v) is 19.3. The zero-order chi connectivity index (χ0) is 22.5. The van der Waals surface area contributed by atoms with Gasteiger partial charge in [0, 0.05) is 55.6 Å². The molecule has 1 saturated heterocycles. The second kappa shape index (κ2) is 10.1. The number of amides is 1. The van der Waals surface area contributed by atoms with Gasteiger partial charge in [-0.05, 0) is 31.9 Å². The van der Waals surface area contributed by atoms with Crippen molar-refractivity contribution < 1.29 is 14.3 Å². The minimum Gasteiger partial charge on any atom is -0.497 e. The van der Waals surface area contributed by atoms with Crippen LogP contribution in [0.2, 0.25) is 0 Å². The van der Waals surface area contributed by atoms with Crippen LogP contribution in [0.25, 0.3) is 0 Å². The number of nitrogens with zero attached hydrogens (tertiary/aromatic N) is 4. The number of benzene rings is 1. The molecule has 0 spiro atoms. The molecule has 0 unspecified atom stereocenters. The molecule has 2 aliphatic rings. The van der Waals surface area contributed by atoms with E-state index < -0.39 is 0 Å². The summed E-state index contributed by atoms with van der Waals surface area (Å²) in [6.07, 6.45) is 6.23. The second-order valence-corrected chi connectivity index (χ2v) is 8.55. The van der Waals surface area contributed by atoms with Gasteiger partial charge in [-0.1, -0.05) is 19.3 Å². The van der Waals surface area contributed by atoms with Crippen molar-refractivity contribution >= 4 is 17.7 Å². The van der Waals surface area contributed by atoms with E-state index in [2.05, 4.69) is 15.2 Å². The summed E-state index contributed by atoms with van der Waals surface area (Å²) in [7, 11) is 3.17. The maximum Gasteiger partial charge on any atom is 0.254 e. The summed E-state index contributed by atoms with van der Waals surface area (Å²) in [4.78, 5) is 26.6. The number of piperazine rings is 1. The van der Waals surface area contributed by atoms with E-state index in [1.807, 2.05) is 17.9 Å². The smallest absolute Gasteiger partial charge is 0.254 e. The highest BCUT2D eigenvalue weighted by Gasteiger charge is 2.24.